The highest BCUT2D eigenvalue weighted by Gasteiger charge is 2.24. The van der Waals surface area contributed by atoms with Gasteiger partial charge < -0.3 is 5.32 Å². The van der Waals surface area contributed by atoms with Crippen LogP contribution in [0.2, 0.25) is 5.02 Å². The molecule has 0 bridgehead atoms. The molecule has 22 heavy (non-hydrogen) atoms. The number of nitrogens with zero attached hydrogens (tertiary/aromatic N) is 1. The van der Waals surface area contributed by atoms with Crippen LogP contribution in [-0.4, -0.2) is 31.1 Å². The summed E-state index contributed by atoms with van der Waals surface area (Å²) in [5, 5.41) is 4.32. The Bertz CT molecular complexity index is 603. The fourth-order valence-corrected chi connectivity index (χ4v) is 4.40. The molecule has 0 spiro atoms. The number of hydrogen-bond acceptors (Lipinski definition) is 3. The summed E-state index contributed by atoms with van der Waals surface area (Å²) in [5.41, 5.74) is 1.30. The van der Waals surface area contributed by atoms with E-state index < -0.39 is 0 Å². The lowest BCUT2D eigenvalue weighted by Crippen LogP contribution is -2.32. The summed E-state index contributed by atoms with van der Waals surface area (Å²) in [4.78, 5) is 5.48. The molecule has 1 aliphatic rings. The van der Waals surface area contributed by atoms with Crippen molar-refractivity contribution in [3.8, 4) is 0 Å². The zero-order valence-corrected chi connectivity index (χ0v) is 14.6. The maximum absolute atomic E-state index is 6.25. The van der Waals surface area contributed by atoms with Crippen molar-refractivity contribution >= 4 is 22.9 Å². The molecule has 1 aliphatic heterocycles. The lowest BCUT2D eigenvalue weighted by molar-refractivity contribution is 0.244. The third-order valence-electron chi connectivity index (χ3n) is 4.20. The van der Waals surface area contributed by atoms with Crippen molar-refractivity contribution in [3.63, 3.8) is 0 Å². The Labute approximate surface area is 142 Å². The topological polar surface area (TPSA) is 15.3 Å². The van der Waals surface area contributed by atoms with E-state index in [0.29, 0.717) is 6.04 Å². The van der Waals surface area contributed by atoms with Crippen LogP contribution in [0.25, 0.3) is 0 Å². The molecule has 0 amide bonds. The van der Waals surface area contributed by atoms with Crippen LogP contribution in [0.3, 0.4) is 0 Å². The number of benzene rings is 1. The number of aryl methyl sites for hydroxylation is 1. The highest BCUT2D eigenvalue weighted by Crippen LogP contribution is 2.35. The Morgan fingerprint density at radius 3 is 2.91 bits per heavy atom. The zero-order valence-electron chi connectivity index (χ0n) is 13.0. The van der Waals surface area contributed by atoms with Crippen molar-refractivity contribution < 1.29 is 0 Å². The van der Waals surface area contributed by atoms with Crippen molar-refractivity contribution in [2.45, 2.75) is 25.8 Å². The molecular formula is C18H23ClN2S. The van der Waals surface area contributed by atoms with Crippen LogP contribution >= 0.6 is 22.9 Å². The number of halogens is 1. The zero-order chi connectivity index (χ0) is 15.4. The Balaban J connectivity index is 1.97. The van der Waals surface area contributed by atoms with Gasteiger partial charge in [0.1, 0.15) is 0 Å². The van der Waals surface area contributed by atoms with E-state index in [1.807, 2.05) is 17.4 Å². The molecule has 1 N–H and O–H groups in total. The molecule has 3 rings (SSSR count). The van der Waals surface area contributed by atoms with E-state index >= 15 is 0 Å². The minimum Gasteiger partial charge on any atom is -0.315 e. The van der Waals surface area contributed by atoms with Crippen LogP contribution in [0.4, 0.5) is 0 Å². The lowest BCUT2D eigenvalue weighted by Gasteiger charge is -2.30. The van der Waals surface area contributed by atoms with E-state index in [2.05, 4.69) is 47.5 Å². The molecular weight excluding hydrogens is 312 g/mol. The normalized spacial score (nSPS) is 18.1. The summed E-state index contributed by atoms with van der Waals surface area (Å²) >= 11 is 8.19. The van der Waals surface area contributed by atoms with E-state index in [-0.39, 0.29) is 0 Å². The Kier molecular flexibility index (Phi) is 5.53. The standard InChI is InChI=1S/C18H23ClN2S/c1-2-16-7-8-17(22-16)18(14-5-3-6-15(19)13-14)21-11-4-9-20-10-12-21/h3,5-8,13,18,20H,2,4,9-12H2,1H3. The van der Waals surface area contributed by atoms with E-state index in [1.165, 1.54) is 21.7 Å². The van der Waals surface area contributed by atoms with Crippen molar-refractivity contribution in [3.05, 3.63) is 56.7 Å². The summed E-state index contributed by atoms with van der Waals surface area (Å²) in [7, 11) is 0. The molecule has 118 valence electrons. The van der Waals surface area contributed by atoms with Gasteiger partial charge in [-0.3, -0.25) is 4.90 Å². The molecule has 0 aliphatic carbocycles. The second-order valence-corrected chi connectivity index (χ2v) is 7.39. The highest BCUT2D eigenvalue weighted by atomic mass is 35.5. The third-order valence-corrected chi connectivity index (χ3v) is 5.72. The van der Waals surface area contributed by atoms with Gasteiger partial charge in [-0.25, -0.2) is 0 Å². The molecule has 1 fully saturated rings. The van der Waals surface area contributed by atoms with Crippen LogP contribution in [0.15, 0.2) is 36.4 Å². The summed E-state index contributed by atoms with van der Waals surface area (Å²) in [6.45, 7) is 6.60. The van der Waals surface area contributed by atoms with E-state index in [4.69, 9.17) is 11.6 Å². The van der Waals surface area contributed by atoms with E-state index in [0.717, 1.165) is 37.6 Å². The first-order chi connectivity index (χ1) is 10.8. The molecule has 1 saturated heterocycles. The van der Waals surface area contributed by atoms with Crippen LogP contribution in [0, 0.1) is 0 Å². The first-order valence-corrected chi connectivity index (χ1v) is 9.26. The molecule has 2 aromatic rings. The maximum atomic E-state index is 6.25. The number of rotatable bonds is 4. The minimum atomic E-state index is 0.323. The first-order valence-electron chi connectivity index (χ1n) is 8.07. The van der Waals surface area contributed by atoms with Gasteiger partial charge in [-0.1, -0.05) is 30.7 Å². The van der Waals surface area contributed by atoms with Crippen molar-refractivity contribution in [1.82, 2.24) is 10.2 Å². The molecule has 2 heterocycles. The Hall–Kier alpha value is -0.870. The SMILES string of the molecule is CCc1ccc(C(c2cccc(Cl)c2)N2CCCNCC2)s1. The summed E-state index contributed by atoms with van der Waals surface area (Å²) in [6.07, 6.45) is 2.30. The van der Waals surface area contributed by atoms with Gasteiger partial charge in [0, 0.05) is 34.4 Å². The summed E-state index contributed by atoms with van der Waals surface area (Å²) in [6, 6.07) is 13.2. The molecule has 0 radical (unpaired) electrons. The van der Waals surface area contributed by atoms with Crippen molar-refractivity contribution in [2.24, 2.45) is 0 Å². The molecule has 2 nitrogen and oxygen atoms in total. The number of thiophene rings is 1. The van der Waals surface area contributed by atoms with Gasteiger partial charge in [-0.15, -0.1) is 11.3 Å². The molecule has 1 atom stereocenters. The van der Waals surface area contributed by atoms with Gasteiger partial charge in [0.25, 0.3) is 0 Å². The van der Waals surface area contributed by atoms with E-state index in [1.54, 1.807) is 0 Å². The molecule has 1 unspecified atom stereocenters. The quantitative estimate of drug-likeness (QED) is 0.894. The lowest BCUT2D eigenvalue weighted by atomic mass is 10.0. The maximum Gasteiger partial charge on any atom is 0.0697 e. The van der Waals surface area contributed by atoms with Crippen molar-refractivity contribution in [1.29, 1.82) is 0 Å². The van der Waals surface area contributed by atoms with Gasteiger partial charge in [0.15, 0.2) is 0 Å². The molecule has 1 aromatic carbocycles. The molecule has 0 saturated carbocycles. The third kappa shape index (κ3) is 3.72. The predicted molar refractivity (Wildman–Crippen MR) is 96.1 cm³/mol. The second kappa shape index (κ2) is 7.60. The Morgan fingerprint density at radius 1 is 1.23 bits per heavy atom. The van der Waals surface area contributed by atoms with Crippen LogP contribution in [0.1, 0.15) is 34.7 Å². The van der Waals surface area contributed by atoms with E-state index in [9.17, 15) is 0 Å². The predicted octanol–water partition coefficient (Wildman–Crippen LogP) is 4.35. The summed E-state index contributed by atoms with van der Waals surface area (Å²) in [5.74, 6) is 0. The second-order valence-electron chi connectivity index (χ2n) is 5.75. The molecule has 1 aromatic heterocycles. The Morgan fingerprint density at radius 2 is 2.14 bits per heavy atom. The van der Waals surface area contributed by atoms with Gasteiger partial charge in [0.05, 0.1) is 6.04 Å². The van der Waals surface area contributed by atoms with Gasteiger partial charge in [-0.2, -0.15) is 0 Å². The average molecular weight is 335 g/mol. The van der Waals surface area contributed by atoms with Crippen molar-refractivity contribution in [2.75, 3.05) is 26.2 Å². The van der Waals surface area contributed by atoms with Crippen LogP contribution in [-0.2, 0) is 6.42 Å². The molecule has 4 heteroatoms. The van der Waals surface area contributed by atoms with Crippen LogP contribution < -0.4 is 5.32 Å². The number of hydrogen-bond donors (Lipinski definition) is 1. The summed E-state index contributed by atoms with van der Waals surface area (Å²) < 4.78 is 0. The largest absolute Gasteiger partial charge is 0.315 e. The minimum absolute atomic E-state index is 0.323. The van der Waals surface area contributed by atoms with Gasteiger partial charge in [0.2, 0.25) is 0 Å². The monoisotopic (exact) mass is 334 g/mol. The fraction of sp³-hybridized carbons (Fsp3) is 0.444. The van der Waals surface area contributed by atoms with Crippen LogP contribution in [0.5, 0.6) is 0 Å². The first kappa shape index (κ1) is 16.0. The number of nitrogens with one attached hydrogen (secondary N) is 1. The smallest absolute Gasteiger partial charge is 0.0697 e. The highest BCUT2D eigenvalue weighted by molar-refractivity contribution is 7.12. The van der Waals surface area contributed by atoms with Gasteiger partial charge in [-0.05, 0) is 49.2 Å². The average Bonchev–Trinajstić information content (AvgIpc) is 2.83. The van der Waals surface area contributed by atoms with Gasteiger partial charge >= 0.3 is 0 Å². The fourth-order valence-electron chi connectivity index (χ4n) is 3.09.